The van der Waals surface area contributed by atoms with Crippen LogP contribution in [-0.2, 0) is 0 Å². The van der Waals surface area contributed by atoms with Crippen LogP contribution in [0.4, 0.5) is 5.69 Å². The molecule has 0 radical (unpaired) electrons. The lowest BCUT2D eigenvalue weighted by Gasteiger charge is -2.20. The maximum absolute atomic E-state index is 11.1. The van der Waals surface area contributed by atoms with E-state index in [0.717, 1.165) is 24.2 Å². The number of aromatic nitrogens is 1. The molecule has 2 aromatic rings. The largest absolute Gasteiger partial charge is 0.417 e. The van der Waals surface area contributed by atoms with Crippen molar-refractivity contribution in [1.29, 1.82) is 0 Å². The molecule has 18 heavy (non-hydrogen) atoms. The van der Waals surface area contributed by atoms with Crippen LogP contribution in [0.1, 0.15) is 13.3 Å². The van der Waals surface area contributed by atoms with Gasteiger partial charge in [-0.25, -0.2) is 4.79 Å². The van der Waals surface area contributed by atoms with Crippen LogP contribution in [0.15, 0.2) is 27.4 Å². The number of aromatic amines is 1. The summed E-state index contributed by atoms with van der Waals surface area (Å²) in [4.78, 5) is 15.8. The number of anilines is 1. The quantitative estimate of drug-likeness (QED) is 0.843. The Labute approximate surface area is 106 Å². The van der Waals surface area contributed by atoms with Gasteiger partial charge in [-0.05, 0) is 31.0 Å². The highest BCUT2D eigenvalue weighted by molar-refractivity contribution is 5.76. The number of nitrogens with one attached hydrogen (secondary N) is 1. The Morgan fingerprint density at radius 2 is 2.28 bits per heavy atom. The van der Waals surface area contributed by atoms with Gasteiger partial charge in [-0.2, -0.15) is 0 Å². The first kappa shape index (κ1) is 12.7. The van der Waals surface area contributed by atoms with Crippen molar-refractivity contribution in [3.63, 3.8) is 0 Å². The molecule has 5 heteroatoms. The molecule has 0 aliphatic rings. The zero-order valence-electron chi connectivity index (χ0n) is 10.8. The fraction of sp³-hybridized carbons (Fsp3) is 0.462. The van der Waals surface area contributed by atoms with Crippen molar-refractivity contribution in [1.82, 2.24) is 4.98 Å². The zero-order chi connectivity index (χ0) is 13.1. The number of rotatable bonds is 5. The molecular formula is C13H19N3O2. The Bertz CT molecular complexity index is 573. The average Bonchev–Trinajstić information content (AvgIpc) is 2.74. The van der Waals surface area contributed by atoms with Crippen LogP contribution in [0.3, 0.4) is 0 Å². The predicted molar refractivity (Wildman–Crippen MR) is 72.9 cm³/mol. The molecule has 0 spiro atoms. The summed E-state index contributed by atoms with van der Waals surface area (Å²) in [5.74, 6) is 0.0999. The lowest BCUT2D eigenvalue weighted by molar-refractivity contribution is 0.544. The van der Waals surface area contributed by atoms with Gasteiger partial charge in [0.15, 0.2) is 5.58 Å². The van der Waals surface area contributed by atoms with Gasteiger partial charge < -0.3 is 15.1 Å². The fourth-order valence-electron chi connectivity index (χ4n) is 1.83. The van der Waals surface area contributed by atoms with Crippen molar-refractivity contribution in [3.05, 3.63) is 28.7 Å². The number of nitrogens with zero attached hydrogens (tertiary/aromatic N) is 1. The number of fused-ring (bicyclic) bond motifs is 1. The summed E-state index contributed by atoms with van der Waals surface area (Å²) in [6.07, 6.45) is 1.04. The van der Waals surface area contributed by atoms with Crippen LogP contribution < -0.4 is 16.4 Å². The Balaban J connectivity index is 2.12. The van der Waals surface area contributed by atoms with Crippen LogP contribution in [0, 0.1) is 5.92 Å². The Morgan fingerprint density at radius 3 is 3.00 bits per heavy atom. The van der Waals surface area contributed by atoms with Gasteiger partial charge in [0.25, 0.3) is 0 Å². The third-order valence-electron chi connectivity index (χ3n) is 3.21. The number of H-pyrrole nitrogens is 1. The molecule has 98 valence electrons. The summed E-state index contributed by atoms with van der Waals surface area (Å²) >= 11 is 0. The number of nitrogens with two attached hydrogens (primary N) is 1. The first-order valence-electron chi connectivity index (χ1n) is 6.14. The molecule has 1 aromatic carbocycles. The SMILES string of the molecule is CC(CN)CCN(C)c1ccc2[nH]c(=O)oc2c1. The van der Waals surface area contributed by atoms with Crippen LogP contribution in [0.2, 0.25) is 0 Å². The van der Waals surface area contributed by atoms with Gasteiger partial charge in [0.05, 0.1) is 5.52 Å². The number of hydrogen-bond donors (Lipinski definition) is 2. The van der Waals surface area contributed by atoms with E-state index in [-0.39, 0.29) is 0 Å². The standard InChI is InChI=1S/C13H19N3O2/c1-9(8-14)5-6-16(2)10-3-4-11-12(7-10)18-13(17)15-11/h3-4,7,9H,5-6,8,14H2,1-2H3,(H,15,17). The molecule has 0 amide bonds. The minimum absolute atomic E-state index is 0.415. The molecule has 0 aliphatic carbocycles. The summed E-state index contributed by atoms with van der Waals surface area (Å²) in [6.45, 7) is 3.78. The van der Waals surface area contributed by atoms with E-state index in [2.05, 4.69) is 16.8 Å². The van der Waals surface area contributed by atoms with E-state index in [4.69, 9.17) is 10.2 Å². The molecular weight excluding hydrogens is 230 g/mol. The molecule has 0 aliphatic heterocycles. The summed E-state index contributed by atoms with van der Waals surface area (Å²) < 4.78 is 5.05. The zero-order valence-corrected chi connectivity index (χ0v) is 10.8. The Kier molecular flexibility index (Phi) is 3.72. The monoisotopic (exact) mass is 249 g/mol. The van der Waals surface area contributed by atoms with E-state index in [1.54, 1.807) is 0 Å². The minimum Gasteiger partial charge on any atom is -0.408 e. The van der Waals surface area contributed by atoms with Crippen LogP contribution in [0.5, 0.6) is 0 Å². The van der Waals surface area contributed by atoms with Crippen LogP contribution >= 0.6 is 0 Å². The van der Waals surface area contributed by atoms with Gasteiger partial charge in [-0.3, -0.25) is 4.98 Å². The van der Waals surface area contributed by atoms with Crippen molar-refractivity contribution >= 4 is 16.8 Å². The van der Waals surface area contributed by atoms with Gasteiger partial charge in [-0.1, -0.05) is 6.92 Å². The van der Waals surface area contributed by atoms with Gasteiger partial charge in [0, 0.05) is 25.3 Å². The molecule has 3 N–H and O–H groups in total. The molecule has 2 rings (SSSR count). The van der Waals surface area contributed by atoms with Crippen molar-refractivity contribution in [2.45, 2.75) is 13.3 Å². The topological polar surface area (TPSA) is 75.3 Å². The molecule has 1 heterocycles. The molecule has 1 aromatic heterocycles. The molecule has 0 saturated carbocycles. The lowest BCUT2D eigenvalue weighted by Crippen LogP contribution is -2.22. The highest BCUT2D eigenvalue weighted by atomic mass is 16.4. The molecule has 0 fully saturated rings. The summed E-state index contributed by atoms with van der Waals surface area (Å²) in [5, 5.41) is 0. The Morgan fingerprint density at radius 1 is 1.50 bits per heavy atom. The van der Waals surface area contributed by atoms with E-state index < -0.39 is 5.76 Å². The van der Waals surface area contributed by atoms with E-state index in [0.29, 0.717) is 18.0 Å². The second kappa shape index (κ2) is 5.27. The second-order valence-corrected chi connectivity index (χ2v) is 4.75. The Hall–Kier alpha value is -1.75. The number of hydrogen-bond acceptors (Lipinski definition) is 4. The van der Waals surface area contributed by atoms with Gasteiger partial charge in [0.1, 0.15) is 0 Å². The number of benzene rings is 1. The lowest BCUT2D eigenvalue weighted by atomic mass is 10.1. The molecule has 0 saturated heterocycles. The van der Waals surface area contributed by atoms with Crippen molar-refractivity contribution in [2.75, 3.05) is 25.0 Å². The highest BCUT2D eigenvalue weighted by Gasteiger charge is 2.07. The van der Waals surface area contributed by atoms with E-state index in [9.17, 15) is 4.79 Å². The molecule has 1 atom stereocenters. The fourth-order valence-corrected chi connectivity index (χ4v) is 1.83. The van der Waals surface area contributed by atoms with Gasteiger partial charge >= 0.3 is 5.76 Å². The third-order valence-corrected chi connectivity index (χ3v) is 3.21. The summed E-state index contributed by atoms with van der Waals surface area (Å²) in [7, 11) is 2.02. The maximum Gasteiger partial charge on any atom is 0.417 e. The minimum atomic E-state index is -0.415. The van der Waals surface area contributed by atoms with Crippen LogP contribution in [0.25, 0.3) is 11.1 Å². The summed E-state index contributed by atoms with van der Waals surface area (Å²) in [5.41, 5.74) is 7.96. The van der Waals surface area contributed by atoms with Gasteiger partial charge in [0.2, 0.25) is 0 Å². The highest BCUT2D eigenvalue weighted by Crippen LogP contribution is 2.19. The van der Waals surface area contributed by atoms with Crippen molar-refractivity contribution < 1.29 is 4.42 Å². The van der Waals surface area contributed by atoms with Gasteiger partial charge in [-0.15, -0.1) is 0 Å². The smallest absolute Gasteiger partial charge is 0.408 e. The van der Waals surface area contributed by atoms with E-state index in [1.807, 2.05) is 25.2 Å². The number of oxazole rings is 1. The normalized spacial score (nSPS) is 12.8. The van der Waals surface area contributed by atoms with Crippen molar-refractivity contribution in [2.24, 2.45) is 11.7 Å². The second-order valence-electron chi connectivity index (χ2n) is 4.75. The molecule has 1 unspecified atom stereocenters. The maximum atomic E-state index is 11.1. The van der Waals surface area contributed by atoms with E-state index >= 15 is 0 Å². The third kappa shape index (κ3) is 2.73. The van der Waals surface area contributed by atoms with Crippen LogP contribution in [-0.4, -0.2) is 25.1 Å². The summed E-state index contributed by atoms with van der Waals surface area (Å²) in [6, 6.07) is 5.71. The first-order chi connectivity index (χ1) is 8.60. The van der Waals surface area contributed by atoms with E-state index in [1.165, 1.54) is 0 Å². The first-order valence-corrected chi connectivity index (χ1v) is 6.14. The van der Waals surface area contributed by atoms with Crippen molar-refractivity contribution in [3.8, 4) is 0 Å². The predicted octanol–water partition coefficient (Wildman–Crippen LogP) is 1.54. The molecule has 0 bridgehead atoms. The molecule has 5 nitrogen and oxygen atoms in total. The average molecular weight is 249 g/mol.